The molecule has 27 heavy (non-hydrogen) atoms. The molecule has 3 aromatic heterocycles. The van der Waals surface area contributed by atoms with Gasteiger partial charge in [0.2, 0.25) is 5.76 Å². The van der Waals surface area contributed by atoms with E-state index in [2.05, 4.69) is 20.6 Å². The van der Waals surface area contributed by atoms with E-state index in [1.54, 1.807) is 35.4 Å². The van der Waals surface area contributed by atoms with E-state index in [0.29, 0.717) is 18.1 Å². The van der Waals surface area contributed by atoms with E-state index in [1.807, 2.05) is 43.3 Å². The summed E-state index contributed by atoms with van der Waals surface area (Å²) in [7, 11) is 0. The van der Waals surface area contributed by atoms with Gasteiger partial charge in [0.05, 0.1) is 6.54 Å². The van der Waals surface area contributed by atoms with E-state index in [9.17, 15) is 4.79 Å². The van der Waals surface area contributed by atoms with E-state index < -0.39 is 5.91 Å². The smallest absolute Gasteiger partial charge is 0.295 e. The van der Waals surface area contributed by atoms with Crippen LogP contribution >= 0.6 is 0 Å². The van der Waals surface area contributed by atoms with Gasteiger partial charge >= 0.3 is 0 Å². The van der Waals surface area contributed by atoms with Gasteiger partial charge in [-0.05, 0) is 18.6 Å². The topological polar surface area (TPSA) is 85.8 Å². The maximum Gasteiger partial charge on any atom is 0.295 e. The first-order valence-electron chi connectivity index (χ1n) is 8.45. The Morgan fingerprint density at radius 1 is 1.19 bits per heavy atom. The number of hydrogen-bond acceptors (Lipinski definition) is 5. The minimum Gasteiger partial charge on any atom is -0.350 e. The van der Waals surface area contributed by atoms with Gasteiger partial charge in [0, 0.05) is 36.3 Å². The number of hydrogen-bond donors (Lipinski definition) is 1. The van der Waals surface area contributed by atoms with Crippen LogP contribution in [0.15, 0.2) is 71.6 Å². The van der Waals surface area contributed by atoms with Crippen molar-refractivity contribution in [2.45, 2.75) is 13.5 Å². The molecule has 0 atom stereocenters. The lowest BCUT2D eigenvalue weighted by Gasteiger charge is -2.01. The van der Waals surface area contributed by atoms with Crippen LogP contribution in [0.4, 0.5) is 5.82 Å². The van der Waals surface area contributed by atoms with Crippen LogP contribution in [0.5, 0.6) is 0 Å². The Kier molecular flexibility index (Phi) is 4.49. The molecule has 0 fully saturated rings. The van der Waals surface area contributed by atoms with Gasteiger partial charge in [-0.2, -0.15) is 5.10 Å². The molecule has 134 valence electrons. The van der Waals surface area contributed by atoms with E-state index in [1.165, 1.54) is 0 Å². The van der Waals surface area contributed by atoms with Crippen molar-refractivity contribution < 1.29 is 9.32 Å². The zero-order valence-corrected chi connectivity index (χ0v) is 14.7. The molecule has 4 aromatic rings. The predicted octanol–water partition coefficient (Wildman–Crippen LogP) is 3.54. The van der Waals surface area contributed by atoms with Crippen LogP contribution in [0.2, 0.25) is 0 Å². The van der Waals surface area contributed by atoms with Gasteiger partial charge < -0.3 is 9.84 Å². The maximum atomic E-state index is 12.4. The average Bonchev–Trinajstić information content (AvgIpc) is 3.33. The number of amides is 1. The number of rotatable bonds is 5. The van der Waals surface area contributed by atoms with Crippen molar-refractivity contribution in [3.8, 4) is 11.3 Å². The summed E-state index contributed by atoms with van der Waals surface area (Å²) in [6.07, 6.45) is 5.29. The summed E-state index contributed by atoms with van der Waals surface area (Å²) in [5, 5.41) is 11.0. The van der Waals surface area contributed by atoms with Crippen molar-refractivity contribution in [3.05, 3.63) is 84.0 Å². The van der Waals surface area contributed by atoms with Crippen LogP contribution in [0.25, 0.3) is 11.3 Å². The number of anilines is 1. The van der Waals surface area contributed by atoms with E-state index >= 15 is 0 Å². The molecule has 0 radical (unpaired) electrons. The highest BCUT2D eigenvalue weighted by atomic mass is 16.5. The Hall–Kier alpha value is -3.74. The number of pyridine rings is 1. The third-order valence-corrected chi connectivity index (χ3v) is 4.03. The van der Waals surface area contributed by atoms with Crippen molar-refractivity contribution in [3.63, 3.8) is 0 Å². The number of benzene rings is 1. The second-order valence-electron chi connectivity index (χ2n) is 6.16. The fourth-order valence-electron chi connectivity index (χ4n) is 2.62. The second-order valence-corrected chi connectivity index (χ2v) is 6.16. The molecule has 7 nitrogen and oxygen atoms in total. The quantitative estimate of drug-likeness (QED) is 0.589. The van der Waals surface area contributed by atoms with Crippen LogP contribution < -0.4 is 5.32 Å². The molecular weight excluding hydrogens is 342 g/mol. The SMILES string of the molecule is Cc1ccc(-c2cc(C(=O)Nc3ccn(Cc4cccnc4)n3)on2)cc1. The molecule has 4 rings (SSSR count). The third-order valence-electron chi connectivity index (χ3n) is 4.03. The molecule has 7 heteroatoms. The summed E-state index contributed by atoms with van der Waals surface area (Å²) >= 11 is 0. The number of nitrogens with zero attached hydrogens (tertiary/aromatic N) is 4. The molecule has 0 aliphatic carbocycles. The summed E-state index contributed by atoms with van der Waals surface area (Å²) in [6.45, 7) is 2.59. The molecule has 1 amide bonds. The fraction of sp³-hybridized carbons (Fsp3) is 0.100. The van der Waals surface area contributed by atoms with Crippen molar-refractivity contribution in [1.82, 2.24) is 19.9 Å². The Balaban J connectivity index is 1.43. The summed E-state index contributed by atoms with van der Waals surface area (Å²) < 4.78 is 6.91. The average molecular weight is 359 g/mol. The zero-order valence-electron chi connectivity index (χ0n) is 14.7. The van der Waals surface area contributed by atoms with Gasteiger partial charge in [-0.3, -0.25) is 14.5 Å². The Morgan fingerprint density at radius 3 is 2.81 bits per heavy atom. The summed E-state index contributed by atoms with van der Waals surface area (Å²) in [6, 6.07) is 15.0. The Labute approximate surface area is 155 Å². The minimum absolute atomic E-state index is 0.132. The first kappa shape index (κ1) is 16.7. The van der Waals surface area contributed by atoms with Crippen LogP contribution in [0.3, 0.4) is 0 Å². The number of aromatic nitrogens is 4. The molecule has 3 heterocycles. The Bertz CT molecular complexity index is 1050. The number of aryl methyl sites for hydroxylation is 1. The molecule has 0 spiro atoms. The first-order chi connectivity index (χ1) is 13.2. The first-order valence-corrected chi connectivity index (χ1v) is 8.45. The highest BCUT2D eigenvalue weighted by molar-refractivity contribution is 6.02. The fourth-order valence-corrected chi connectivity index (χ4v) is 2.62. The van der Waals surface area contributed by atoms with Crippen molar-refractivity contribution in [1.29, 1.82) is 0 Å². The van der Waals surface area contributed by atoms with Crippen LogP contribution in [-0.4, -0.2) is 25.8 Å². The van der Waals surface area contributed by atoms with Crippen molar-refractivity contribution in [2.24, 2.45) is 0 Å². The van der Waals surface area contributed by atoms with Crippen LogP contribution in [0.1, 0.15) is 21.7 Å². The molecular formula is C20H17N5O2. The number of carbonyl (C=O) groups excluding carboxylic acids is 1. The van der Waals surface area contributed by atoms with Gasteiger partial charge in [-0.25, -0.2) is 0 Å². The normalized spacial score (nSPS) is 10.7. The largest absolute Gasteiger partial charge is 0.350 e. The molecule has 0 aliphatic heterocycles. The van der Waals surface area contributed by atoms with E-state index in [-0.39, 0.29) is 5.76 Å². The monoisotopic (exact) mass is 359 g/mol. The van der Waals surface area contributed by atoms with Gasteiger partial charge in [-0.1, -0.05) is 41.1 Å². The number of carbonyl (C=O) groups is 1. The predicted molar refractivity (Wildman–Crippen MR) is 100 cm³/mol. The summed E-state index contributed by atoms with van der Waals surface area (Å²) in [5.74, 6) is 0.178. The standard InChI is InChI=1S/C20H17N5O2/c1-14-4-6-16(7-5-14)17-11-18(27-24-17)20(26)22-19-8-10-25(23-19)13-15-3-2-9-21-12-15/h2-12H,13H2,1H3,(H,22,23,26). The molecule has 0 unspecified atom stereocenters. The van der Waals surface area contributed by atoms with E-state index in [0.717, 1.165) is 16.7 Å². The van der Waals surface area contributed by atoms with Crippen molar-refractivity contribution in [2.75, 3.05) is 5.32 Å². The maximum absolute atomic E-state index is 12.4. The van der Waals surface area contributed by atoms with Gasteiger partial charge in [-0.15, -0.1) is 0 Å². The lowest BCUT2D eigenvalue weighted by molar-refractivity contribution is 0.0987. The molecule has 1 N–H and O–H groups in total. The lowest BCUT2D eigenvalue weighted by Crippen LogP contribution is -2.12. The molecule has 1 aromatic carbocycles. The Morgan fingerprint density at radius 2 is 2.04 bits per heavy atom. The van der Waals surface area contributed by atoms with Crippen LogP contribution in [0, 0.1) is 6.92 Å². The second kappa shape index (κ2) is 7.25. The van der Waals surface area contributed by atoms with Gasteiger partial charge in [0.25, 0.3) is 5.91 Å². The molecule has 0 aliphatic rings. The lowest BCUT2D eigenvalue weighted by atomic mass is 10.1. The number of nitrogens with one attached hydrogen (secondary N) is 1. The zero-order chi connectivity index (χ0) is 18.6. The highest BCUT2D eigenvalue weighted by Gasteiger charge is 2.15. The summed E-state index contributed by atoms with van der Waals surface area (Å²) in [4.78, 5) is 16.5. The van der Waals surface area contributed by atoms with E-state index in [4.69, 9.17) is 4.52 Å². The minimum atomic E-state index is -0.396. The van der Waals surface area contributed by atoms with Gasteiger partial charge in [0.15, 0.2) is 5.82 Å². The summed E-state index contributed by atoms with van der Waals surface area (Å²) in [5.41, 5.74) is 3.69. The molecule has 0 bridgehead atoms. The van der Waals surface area contributed by atoms with Gasteiger partial charge in [0.1, 0.15) is 5.69 Å². The molecule has 0 saturated heterocycles. The molecule has 0 saturated carbocycles. The highest BCUT2D eigenvalue weighted by Crippen LogP contribution is 2.20. The van der Waals surface area contributed by atoms with Crippen molar-refractivity contribution >= 4 is 11.7 Å². The van der Waals surface area contributed by atoms with Crippen LogP contribution in [-0.2, 0) is 6.54 Å². The third kappa shape index (κ3) is 3.92.